The fraction of sp³-hybridized carbons (Fsp3) is 0.292. The highest BCUT2D eigenvalue weighted by atomic mass is 32.2. The summed E-state index contributed by atoms with van der Waals surface area (Å²) in [6, 6.07) is 19.1. The molecule has 4 aromatic rings. The normalized spacial score (nSPS) is 14.5. The fourth-order valence-corrected chi connectivity index (χ4v) is 5.35. The van der Waals surface area contributed by atoms with Crippen molar-refractivity contribution in [2.75, 3.05) is 13.1 Å². The maximum Gasteiger partial charge on any atom is 0.297 e. The largest absolute Gasteiger partial charge is 0.341 e. The van der Waals surface area contributed by atoms with Crippen LogP contribution in [0.25, 0.3) is 11.4 Å². The lowest BCUT2D eigenvalue weighted by molar-refractivity contribution is -0.129. The van der Waals surface area contributed by atoms with E-state index >= 15 is 0 Å². The number of para-hydroxylation sites is 1. The summed E-state index contributed by atoms with van der Waals surface area (Å²) in [4.78, 5) is 28.9. The van der Waals surface area contributed by atoms with Crippen LogP contribution in [-0.4, -0.2) is 53.5 Å². The fourth-order valence-electron chi connectivity index (χ4n) is 4.29. The van der Waals surface area contributed by atoms with Crippen LogP contribution in [0.15, 0.2) is 70.6 Å². The van der Waals surface area contributed by atoms with E-state index in [2.05, 4.69) is 15.5 Å². The first-order chi connectivity index (χ1) is 16.6. The maximum atomic E-state index is 13.5. The molecular formula is C24H25N7O2S. The number of benzene rings is 2. The highest BCUT2D eigenvalue weighted by Gasteiger charge is 2.31. The van der Waals surface area contributed by atoms with Gasteiger partial charge < -0.3 is 4.90 Å². The van der Waals surface area contributed by atoms with E-state index in [9.17, 15) is 9.59 Å². The lowest BCUT2D eigenvalue weighted by atomic mass is 10.1. The van der Waals surface area contributed by atoms with Gasteiger partial charge in [-0.2, -0.15) is 4.68 Å². The smallest absolute Gasteiger partial charge is 0.297 e. The molecule has 174 valence electrons. The number of carbonyl (C=O) groups excluding carboxylic acids is 1. The zero-order valence-electron chi connectivity index (χ0n) is 19.0. The van der Waals surface area contributed by atoms with Crippen LogP contribution in [0.5, 0.6) is 0 Å². The number of likely N-dealkylation sites (tertiary alicyclic amines) is 1. The molecule has 5 rings (SSSR count). The number of amides is 1. The van der Waals surface area contributed by atoms with E-state index in [1.165, 1.54) is 16.4 Å². The molecule has 0 radical (unpaired) electrons. The predicted molar refractivity (Wildman–Crippen MR) is 129 cm³/mol. The van der Waals surface area contributed by atoms with Crippen molar-refractivity contribution < 1.29 is 4.79 Å². The second-order valence-electron chi connectivity index (χ2n) is 8.22. The Labute approximate surface area is 201 Å². The van der Waals surface area contributed by atoms with Crippen LogP contribution in [0, 0.1) is 6.92 Å². The topological polar surface area (TPSA) is 90.8 Å². The van der Waals surface area contributed by atoms with E-state index < -0.39 is 5.25 Å². The number of thioether (sulfide) groups is 1. The van der Waals surface area contributed by atoms with Crippen LogP contribution in [0.3, 0.4) is 0 Å². The first kappa shape index (κ1) is 22.1. The second kappa shape index (κ2) is 9.30. The Balaban J connectivity index is 1.56. The number of aromatic nitrogens is 6. The predicted octanol–water partition coefficient (Wildman–Crippen LogP) is 2.92. The van der Waals surface area contributed by atoms with E-state index in [1.54, 1.807) is 9.36 Å². The molecule has 2 aromatic carbocycles. The molecule has 0 aliphatic carbocycles. The Morgan fingerprint density at radius 3 is 2.32 bits per heavy atom. The minimum Gasteiger partial charge on any atom is -0.341 e. The van der Waals surface area contributed by atoms with Crippen LogP contribution in [-0.2, 0) is 11.8 Å². The Kier molecular flexibility index (Phi) is 6.06. The van der Waals surface area contributed by atoms with E-state index in [0.717, 1.165) is 37.2 Å². The van der Waals surface area contributed by atoms with Gasteiger partial charge in [-0.3, -0.25) is 14.3 Å². The van der Waals surface area contributed by atoms with Gasteiger partial charge >= 0.3 is 0 Å². The standard InChI is InChI=1S/C24H25N7O2S/c1-17-20(22(32)31(28(17)2)19-13-7-4-8-14-19)30-24(25-26-27-30)34-21(18-11-5-3-6-12-18)23(33)29-15-9-10-16-29/h3-8,11-14,21H,9-10,15-16H2,1-2H3. The Bertz CT molecular complexity index is 1360. The summed E-state index contributed by atoms with van der Waals surface area (Å²) < 4.78 is 4.83. The molecule has 1 atom stereocenters. The summed E-state index contributed by atoms with van der Waals surface area (Å²) >= 11 is 1.27. The van der Waals surface area contributed by atoms with Crippen LogP contribution in [0.4, 0.5) is 0 Å². The van der Waals surface area contributed by atoms with Gasteiger partial charge in [0.05, 0.1) is 11.4 Å². The van der Waals surface area contributed by atoms with Crippen LogP contribution in [0.1, 0.15) is 29.3 Å². The van der Waals surface area contributed by atoms with Gasteiger partial charge in [-0.25, -0.2) is 4.68 Å². The molecule has 1 aliphatic rings. The monoisotopic (exact) mass is 475 g/mol. The van der Waals surface area contributed by atoms with E-state index in [4.69, 9.17) is 0 Å². The van der Waals surface area contributed by atoms with Crippen molar-refractivity contribution >= 4 is 17.7 Å². The van der Waals surface area contributed by atoms with Gasteiger partial charge in [0.2, 0.25) is 11.1 Å². The summed E-state index contributed by atoms with van der Waals surface area (Å²) in [6.07, 6.45) is 2.02. The first-order valence-corrected chi connectivity index (χ1v) is 12.1. The lowest BCUT2D eigenvalue weighted by Gasteiger charge is -2.22. The molecule has 0 N–H and O–H groups in total. The van der Waals surface area contributed by atoms with Crippen LogP contribution >= 0.6 is 11.8 Å². The molecule has 0 spiro atoms. The molecule has 0 saturated carbocycles. The molecule has 1 saturated heterocycles. The van der Waals surface area contributed by atoms with Crippen molar-refractivity contribution in [1.29, 1.82) is 0 Å². The minimum absolute atomic E-state index is 0.0368. The number of rotatable bonds is 6. The van der Waals surface area contributed by atoms with Crippen molar-refractivity contribution in [2.45, 2.75) is 30.2 Å². The summed E-state index contributed by atoms with van der Waals surface area (Å²) in [6.45, 7) is 3.37. The van der Waals surface area contributed by atoms with Crippen molar-refractivity contribution in [3.8, 4) is 11.4 Å². The Morgan fingerprint density at radius 1 is 1.00 bits per heavy atom. The number of hydrogen-bond acceptors (Lipinski definition) is 6. The minimum atomic E-state index is -0.510. The van der Waals surface area contributed by atoms with E-state index in [0.29, 0.717) is 16.5 Å². The average molecular weight is 476 g/mol. The quantitative estimate of drug-likeness (QED) is 0.398. The third kappa shape index (κ3) is 3.94. The summed E-state index contributed by atoms with van der Waals surface area (Å²) in [5.74, 6) is 0.0368. The molecular weight excluding hydrogens is 450 g/mol. The van der Waals surface area contributed by atoms with Crippen molar-refractivity contribution in [3.05, 3.63) is 82.3 Å². The lowest BCUT2D eigenvalue weighted by Crippen LogP contribution is -2.31. The molecule has 3 heterocycles. The van der Waals surface area contributed by atoms with Gasteiger partial charge in [0, 0.05) is 20.1 Å². The molecule has 1 aliphatic heterocycles. The number of nitrogens with zero attached hydrogens (tertiary/aromatic N) is 7. The average Bonchev–Trinajstić information content (AvgIpc) is 3.60. The highest BCUT2D eigenvalue weighted by Crippen LogP contribution is 2.37. The molecule has 2 aromatic heterocycles. The van der Waals surface area contributed by atoms with Gasteiger partial charge in [0.15, 0.2) is 5.69 Å². The molecule has 1 amide bonds. The number of hydrogen-bond donors (Lipinski definition) is 0. The second-order valence-corrected chi connectivity index (χ2v) is 9.30. The third-order valence-electron chi connectivity index (χ3n) is 6.14. The van der Waals surface area contributed by atoms with Gasteiger partial charge in [0.25, 0.3) is 5.56 Å². The third-order valence-corrected chi connectivity index (χ3v) is 7.32. The number of tetrazole rings is 1. The van der Waals surface area contributed by atoms with E-state index in [1.807, 2.05) is 79.5 Å². The van der Waals surface area contributed by atoms with Crippen molar-refractivity contribution in [2.24, 2.45) is 7.05 Å². The molecule has 0 bridgehead atoms. The van der Waals surface area contributed by atoms with Crippen molar-refractivity contribution in [3.63, 3.8) is 0 Å². The molecule has 1 fully saturated rings. The SMILES string of the molecule is Cc1c(-n2nnnc2SC(C(=O)N2CCCC2)c2ccccc2)c(=O)n(-c2ccccc2)n1C. The number of carbonyl (C=O) groups is 1. The summed E-state index contributed by atoms with van der Waals surface area (Å²) in [7, 11) is 1.83. The van der Waals surface area contributed by atoms with Crippen molar-refractivity contribution in [1.82, 2.24) is 34.5 Å². The van der Waals surface area contributed by atoms with Gasteiger partial charge in [0.1, 0.15) is 5.25 Å². The van der Waals surface area contributed by atoms with Gasteiger partial charge in [-0.1, -0.05) is 60.3 Å². The molecule has 10 heteroatoms. The molecule has 1 unspecified atom stereocenters. The maximum absolute atomic E-state index is 13.5. The molecule has 9 nitrogen and oxygen atoms in total. The Hall–Kier alpha value is -3.66. The van der Waals surface area contributed by atoms with Crippen LogP contribution in [0.2, 0.25) is 0 Å². The van der Waals surface area contributed by atoms with Gasteiger partial charge in [-0.05, 0) is 47.9 Å². The zero-order chi connectivity index (χ0) is 23.7. The summed E-state index contributed by atoms with van der Waals surface area (Å²) in [5, 5.41) is 12.1. The molecule has 34 heavy (non-hydrogen) atoms. The van der Waals surface area contributed by atoms with Gasteiger partial charge in [-0.15, -0.1) is 5.10 Å². The highest BCUT2D eigenvalue weighted by molar-refractivity contribution is 8.00. The van der Waals surface area contributed by atoms with E-state index in [-0.39, 0.29) is 11.5 Å². The zero-order valence-corrected chi connectivity index (χ0v) is 19.9. The summed E-state index contributed by atoms with van der Waals surface area (Å²) in [5.41, 5.74) is 2.47. The van der Waals surface area contributed by atoms with Crippen LogP contribution < -0.4 is 5.56 Å². The first-order valence-electron chi connectivity index (χ1n) is 11.2. The Morgan fingerprint density at radius 2 is 1.65 bits per heavy atom.